The Labute approximate surface area is 130 Å². The van der Waals surface area contributed by atoms with Crippen molar-refractivity contribution in [2.75, 3.05) is 20.6 Å². The average molecular weight is 311 g/mol. The van der Waals surface area contributed by atoms with E-state index in [9.17, 15) is 15.3 Å². The number of ether oxygens (including phenoxy) is 2. The SMILES string of the molecule is CC1OC(Oc2ccc(CCN(C)C)cc2)C(O)C(O)C1O. The molecule has 1 aromatic rings. The van der Waals surface area contributed by atoms with Gasteiger partial charge in [0.2, 0.25) is 6.29 Å². The van der Waals surface area contributed by atoms with Crippen LogP contribution >= 0.6 is 0 Å². The molecule has 0 spiro atoms. The van der Waals surface area contributed by atoms with Gasteiger partial charge in [-0.2, -0.15) is 0 Å². The largest absolute Gasteiger partial charge is 0.462 e. The van der Waals surface area contributed by atoms with Crippen LogP contribution in [0.1, 0.15) is 12.5 Å². The molecule has 0 saturated carbocycles. The summed E-state index contributed by atoms with van der Waals surface area (Å²) in [5.74, 6) is 0.549. The summed E-state index contributed by atoms with van der Waals surface area (Å²) in [6, 6.07) is 7.54. The first kappa shape index (κ1) is 17.2. The van der Waals surface area contributed by atoms with E-state index in [1.54, 1.807) is 6.92 Å². The molecule has 124 valence electrons. The molecular weight excluding hydrogens is 286 g/mol. The van der Waals surface area contributed by atoms with Gasteiger partial charge in [0.25, 0.3) is 0 Å². The van der Waals surface area contributed by atoms with Crippen LogP contribution in [-0.2, 0) is 11.2 Å². The van der Waals surface area contributed by atoms with E-state index >= 15 is 0 Å². The first-order valence-corrected chi connectivity index (χ1v) is 7.48. The zero-order valence-corrected chi connectivity index (χ0v) is 13.2. The normalized spacial score (nSPS) is 32.2. The zero-order valence-electron chi connectivity index (χ0n) is 13.2. The molecule has 5 atom stereocenters. The van der Waals surface area contributed by atoms with Gasteiger partial charge in [0.1, 0.15) is 24.1 Å². The molecule has 0 bridgehead atoms. The average Bonchev–Trinajstić information content (AvgIpc) is 2.49. The van der Waals surface area contributed by atoms with Gasteiger partial charge in [-0.3, -0.25) is 0 Å². The summed E-state index contributed by atoms with van der Waals surface area (Å²) < 4.78 is 11.0. The lowest BCUT2D eigenvalue weighted by atomic mass is 10.00. The second-order valence-electron chi connectivity index (χ2n) is 6.00. The van der Waals surface area contributed by atoms with Gasteiger partial charge in [-0.25, -0.2) is 0 Å². The number of aliphatic hydroxyl groups is 3. The number of hydrogen-bond acceptors (Lipinski definition) is 6. The first-order chi connectivity index (χ1) is 10.4. The third-order valence-corrected chi connectivity index (χ3v) is 3.83. The second-order valence-corrected chi connectivity index (χ2v) is 6.00. The van der Waals surface area contributed by atoms with Gasteiger partial charge in [0, 0.05) is 6.54 Å². The van der Waals surface area contributed by atoms with Crippen LogP contribution in [0.5, 0.6) is 5.75 Å². The Morgan fingerprint density at radius 1 is 1.05 bits per heavy atom. The summed E-state index contributed by atoms with van der Waals surface area (Å²) in [6.07, 6.45) is -4.36. The molecular formula is C16H25NO5. The van der Waals surface area contributed by atoms with E-state index in [1.165, 1.54) is 5.56 Å². The molecule has 22 heavy (non-hydrogen) atoms. The number of aliphatic hydroxyl groups excluding tert-OH is 3. The topological polar surface area (TPSA) is 82.4 Å². The molecule has 6 nitrogen and oxygen atoms in total. The van der Waals surface area contributed by atoms with Crippen LogP contribution in [0.2, 0.25) is 0 Å². The van der Waals surface area contributed by atoms with Gasteiger partial charge in [0.05, 0.1) is 6.10 Å². The number of hydrogen-bond donors (Lipinski definition) is 3. The third kappa shape index (κ3) is 4.18. The summed E-state index contributed by atoms with van der Waals surface area (Å²) in [7, 11) is 4.06. The fourth-order valence-corrected chi connectivity index (χ4v) is 2.33. The molecule has 0 amide bonds. The molecule has 1 aliphatic rings. The lowest BCUT2D eigenvalue weighted by Gasteiger charge is -2.38. The van der Waals surface area contributed by atoms with Crippen LogP contribution in [0.25, 0.3) is 0 Å². The highest BCUT2D eigenvalue weighted by atomic mass is 16.7. The number of rotatable bonds is 5. The number of benzene rings is 1. The fourth-order valence-electron chi connectivity index (χ4n) is 2.33. The van der Waals surface area contributed by atoms with Crippen LogP contribution in [0, 0.1) is 0 Å². The van der Waals surface area contributed by atoms with Crippen molar-refractivity contribution in [1.29, 1.82) is 0 Å². The van der Waals surface area contributed by atoms with Gasteiger partial charge in [-0.1, -0.05) is 12.1 Å². The minimum atomic E-state index is -1.29. The summed E-state index contributed by atoms with van der Waals surface area (Å²) in [5, 5.41) is 29.3. The molecule has 1 saturated heterocycles. The zero-order chi connectivity index (χ0) is 16.3. The van der Waals surface area contributed by atoms with E-state index in [1.807, 2.05) is 38.4 Å². The first-order valence-electron chi connectivity index (χ1n) is 7.48. The lowest BCUT2D eigenvalue weighted by molar-refractivity contribution is -0.268. The monoisotopic (exact) mass is 311 g/mol. The van der Waals surface area contributed by atoms with Gasteiger partial charge >= 0.3 is 0 Å². The lowest BCUT2D eigenvalue weighted by Crippen LogP contribution is -2.58. The van der Waals surface area contributed by atoms with E-state index in [2.05, 4.69) is 4.90 Å². The Balaban J connectivity index is 1.95. The highest BCUT2D eigenvalue weighted by Crippen LogP contribution is 2.24. The van der Waals surface area contributed by atoms with Crippen molar-refractivity contribution in [3.63, 3.8) is 0 Å². The minimum Gasteiger partial charge on any atom is -0.462 e. The maximum atomic E-state index is 9.92. The molecule has 1 fully saturated rings. The van der Waals surface area contributed by atoms with Crippen LogP contribution in [0.15, 0.2) is 24.3 Å². The Hall–Kier alpha value is -1.18. The molecule has 1 aliphatic heterocycles. The molecule has 1 aromatic carbocycles. The van der Waals surface area contributed by atoms with Crippen molar-refractivity contribution in [2.24, 2.45) is 0 Å². The molecule has 0 radical (unpaired) electrons. The van der Waals surface area contributed by atoms with Crippen molar-refractivity contribution >= 4 is 0 Å². The maximum Gasteiger partial charge on any atom is 0.229 e. The molecule has 5 unspecified atom stereocenters. The van der Waals surface area contributed by atoms with Gasteiger partial charge in [0.15, 0.2) is 0 Å². The fraction of sp³-hybridized carbons (Fsp3) is 0.625. The van der Waals surface area contributed by atoms with Gasteiger partial charge in [-0.15, -0.1) is 0 Å². The summed E-state index contributed by atoms with van der Waals surface area (Å²) in [5.41, 5.74) is 1.19. The highest BCUT2D eigenvalue weighted by Gasteiger charge is 2.43. The molecule has 1 heterocycles. The second kappa shape index (κ2) is 7.39. The molecule has 2 rings (SSSR count). The highest BCUT2D eigenvalue weighted by molar-refractivity contribution is 5.27. The van der Waals surface area contributed by atoms with Crippen molar-refractivity contribution < 1.29 is 24.8 Å². The van der Waals surface area contributed by atoms with Crippen molar-refractivity contribution in [3.8, 4) is 5.75 Å². The molecule has 0 aromatic heterocycles. The maximum absolute atomic E-state index is 9.92. The van der Waals surface area contributed by atoms with Crippen molar-refractivity contribution in [3.05, 3.63) is 29.8 Å². The predicted molar refractivity (Wildman–Crippen MR) is 81.7 cm³/mol. The van der Waals surface area contributed by atoms with Crippen LogP contribution in [0.4, 0.5) is 0 Å². The Morgan fingerprint density at radius 2 is 1.68 bits per heavy atom. The summed E-state index contributed by atoms with van der Waals surface area (Å²) in [6.45, 7) is 2.59. The van der Waals surface area contributed by atoms with Crippen molar-refractivity contribution in [2.45, 2.75) is 44.1 Å². The number of nitrogens with zero attached hydrogens (tertiary/aromatic N) is 1. The minimum absolute atomic E-state index is 0.549. The molecule has 3 N–H and O–H groups in total. The van der Waals surface area contributed by atoms with Crippen LogP contribution < -0.4 is 4.74 Å². The molecule has 0 aliphatic carbocycles. The quantitative estimate of drug-likeness (QED) is 0.710. The summed E-state index contributed by atoms with van der Waals surface area (Å²) >= 11 is 0. The van der Waals surface area contributed by atoms with Gasteiger partial charge < -0.3 is 29.7 Å². The Morgan fingerprint density at radius 3 is 2.27 bits per heavy atom. The van der Waals surface area contributed by atoms with Crippen LogP contribution in [-0.4, -0.2) is 71.6 Å². The van der Waals surface area contributed by atoms with Crippen LogP contribution in [0.3, 0.4) is 0 Å². The van der Waals surface area contributed by atoms with E-state index in [-0.39, 0.29) is 0 Å². The molecule has 6 heteroatoms. The Kier molecular flexibility index (Phi) is 5.77. The Bertz CT molecular complexity index is 464. The van der Waals surface area contributed by atoms with E-state index < -0.39 is 30.7 Å². The van der Waals surface area contributed by atoms with E-state index in [4.69, 9.17) is 9.47 Å². The van der Waals surface area contributed by atoms with E-state index in [0.29, 0.717) is 5.75 Å². The predicted octanol–water partition coefficient (Wildman–Crippen LogP) is -0.00300. The number of likely N-dealkylation sites (N-methyl/N-ethyl adjacent to an activating group) is 1. The third-order valence-electron chi connectivity index (χ3n) is 3.83. The van der Waals surface area contributed by atoms with E-state index in [0.717, 1.165) is 13.0 Å². The smallest absolute Gasteiger partial charge is 0.229 e. The van der Waals surface area contributed by atoms with Crippen molar-refractivity contribution in [1.82, 2.24) is 4.90 Å². The standard InChI is InChI=1S/C16H25NO5/c1-10-13(18)14(19)15(20)16(21-10)22-12-6-4-11(5-7-12)8-9-17(2)3/h4-7,10,13-16,18-20H,8-9H2,1-3H3. The summed E-state index contributed by atoms with van der Waals surface area (Å²) in [4.78, 5) is 2.12. The van der Waals surface area contributed by atoms with Gasteiger partial charge in [-0.05, 0) is 45.1 Å².